The predicted molar refractivity (Wildman–Crippen MR) is 84.3 cm³/mol. The van der Waals surface area contributed by atoms with Crippen molar-refractivity contribution >= 4 is 0 Å². The Labute approximate surface area is 123 Å². The van der Waals surface area contributed by atoms with Gasteiger partial charge in [0.2, 0.25) is 0 Å². The van der Waals surface area contributed by atoms with Crippen LogP contribution in [0.1, 0.15) is 44.7 Å². The molecular weight excluding hydrogens is 248 g/mol. The molecule has 1 atom stereocenters. The summed E-state index contributed by atoms with van der Waals surface area (Å²) in [5.41, 5.74) is 1.33. The largest absolute Gasteiger partial charge is 0.490 e. The zero-order valence-electron chi connectivity index (χ0n) is 13.1. The summed E-state index contributed by atoms with van der Waals surface area (Å²) in [5.74, 6) is 1.02. The lowest BCUT2D eigenvalue weighted by atomic mass is 10.0. The maximum absolute atomic E-state index is 6.16. The third-order valence-corrected chi connectivity index (χ3v) is 4.09. The van der Waals surface area contributed by atoms with Crippen LogP contribution in [0.4, 0.5) is 0 Å². The minimum atomic E-state index is 0.376. The van der Waals surface area contributed by atoms with Gasteiger partial charge < -0.3 is 15.0 Å². The van der Waals surface area contributed by atoms with Gasteiger partial charge in [0.25, 0.3) is 0 Å². The number of likely N-dealkylation sites (tertiary alicyclic amines) is 1. The van der Waals surface area contributed by atoms with E-state index in [2.05, 4.69) is 55.4 Å². The number of rotatable bonds is 6. The van der Waals surface area contributed by atoms with Gasteiger partial charge in [0.1, 0.15) is 11.9 Å². The molecule has 0 aromatic heterocycles. The molecule has 0 spiro atoms. The van der Waals surface area contributed by atoms with Crippen LogP contribution in [0.3, 0.4) is 0 Å². The smallest absolute Gasteiger partial charge is 0.120 e. The van der Waals surface area contributed by atoms with Crippen molar-refractivity contribution < 1.29 is 4.74 Å². The quantitative estimate of drug-likeness (QED) is 0.863. The first kappa shape index (κ1) is 15.3. The highest BCUT2D eigenvalue weighted by molar-refractivity contribution is 5.30. The van der Waals surface area contributed by atoms with E-state index in [0.717, 1.165) is 44.6 Å². The number of ether oxygens (including phenoxy) is 1. The van der Waals surface area contributed by atoms with Crippen molar-refractivity contribution in [3.05, 3.63) is 29.8 Å². The zero-order chi connectivity index (χ0) is 14.4. The van der Waals surface area contributed by atoms with Gasteiger partial charge in [-0.05, 0) is 50.6 Å². The molecule has 3 nitrogen and oxygen atoms in total. The van der Waals surface area contributed by atoms with Gasteiger partial charge >= 0.3 is 0 Å². The van der Waals surface area contributed by atoms with E-state index >= 15 is 0 Å². The molecule has 1 saturated heterocycles. The van der Waals surface area contributed by atoms with Crippen LogP contribution in [0.25, 0.3) is 0 Å². The van der Waals surface area contributed by atoms with E-state index in [1.165, 1.54) is 5.56 Å². The minimum Gasteiger partial charge on any atom is -0.490 e. The fourth-order valence-electron chi connectivity index (χ4n) is 2.84. The molecule has 0 bridgehead atoms. The van der Waals surface area contributed by atoms with Gasteiger partial charge in [0.15, 0.2) is 0 Å². The van der Waals surface area contributed by atoms with Crippen LogP contribution >= 0.6 is 0 Å². The molecule has 20 heavy (non-hydrogen) atoms. The van der Waals surface area contributed by atoms with Gasteiger partial charge in [-0.1, -0.05) is 26.0 Å². The van der Waals surface area contributed by atoms with Crippen molar-refractivity contribution in [3.8, 4) is 5.75 Å². The maximum Gasteiger partial charge on any atom is 0.120 e. The number of nitrogens with one attached hydrogen (secondary N) is 1. The van der Waals surface area contributed by atoms with Crippen molar-refractivity contribution in [2.24, 2.45) is 0 Å². The third-order valence-electron chi connectivity index (χ3n) is 4.09. The fourth-order valence-corrected chi connectivity index (χ4v) is 2.84. The summed E-state index contributed by atoms with van der Waals surface area (Å²) in [7, 11) is 2.18. The van der Waals surface area contributed by atoms with Crippen molar-refractivity contribution in [1.29, 1.82) is 0 Å². The Morgan fingerprint density at radius 2 is 2.05 bits per heavy atom. The fraction of sp³-hybridized carbons (Fsp3) is 0.647. The van der Waals surface area contributed by atoms with Crippen LogP contribution < -0.4 is 10.1 Å². The standard InChI is InChI=1S/C17H28N2O/c1-4-17(18-5-2)14-7-6-8-16(13-14)20-15-9-11-19(3)12-10-15/h6-8,13,15,17-18H,4-5,9-12H2,1-3H3. The lowest BCUT2D eigenvalue weighted by molar-refractivity contribution is 0.114. The molecular formula is C17H28N2O. The molecule has 1 aliphatic heterocycles. The lowest BCUT2D eigenvalue weighted by Gasteiger charge is -2.29. The molecule has 0 amide bonds. The summed E-state index contributed by atoms with van der Waals surface area (Å²) in [6, 6.07) is 9.02. The van der Waals surface area contributed by atoms with Crippen LogP contribution in [0, 0.1) is 0 Å². The van der Waals surface area contributed by atoms with Crippen LogP contribution in [0.2, 0.25) is 0 Å². The Balaban J connectivity index is 1.98. The highest BCUT2D eigenvalue weighted by atomic mass is 16.5. The molecule has 1 aliphatic rings. The summed E-state index contributed by atoms with van der Waals surface area (Å²) in [4.78, 5) is 2.37. The van der Waals surface area contributed by atoms with Gasteiger partial charge in [0, 0.05) is 19.1 Å². The Kier molecular flexibility index (Phi) is 5.86. The molecule has 0 radical (unpaired) electrons. The highest BCUT2D eigenvalue weighted by Gasteiger charge is 2.18. The first-order valence-electron chi connectivity index (χ1n) is 7.91. The van der Waals surface area contributed by atoms with E-state index in [1.54, 1.807) is 0 Å². The SMILES string of the molecule is CCNC(CC)c1cccc(OC2CCN(C)CC2)c1. The number of nitrogens with zero attached hydrogens (tertiary/aromatic N) is 1. The summed E-state index contributed by atoms with van der Waals surface area (Å²) >= 11 is 0. The maximum atomic E-state index is 6.16. The molecule has 112 valence electrons. The van der Waals surface area contributed by atoms with Crippen molar-refractivity contribution in [3.63, 3.8) is 0 Å². The van der Waals surface area contributed by atoms with Crippen molar-refractivity contribution in [2.45, 2.75) is 45.3 Å². The summed E-state index contributed by atoms with van der Waals surface area (Å²) < 4.78 is 6.16. The number of benzene rings is 1. The molecule has 1 aromatic carbocycles. The summed E-state index contributed by atoms with van der Waals surface area (Å²) in [5, 5.41) is 3.52. The second kappa shape index (κ2) is 7.65. The second-order valence-corrected chi connectivity index (χ2v) is 5.71. The van der Waals surface area contributed by atoms with E-state index in [0.29, 0.717) is 12.1 Å². The number of hydrogen-bond acceptors (Lipinski definition) is 3. The van der Waals surface area contributed by atoms with E-state index in [1.807, 2.05) is 0 Å². The van der Waals surface area contributed by atoms with Gasteiger partial charge in [-0.2, -0.15) is 0 Å². The second-order valence-electron chi connectivity index (χ2n) is 5.71. The monoisotopic (exact) mass is 276 g/mol. The van der Waals surface area contributed by atoms with Crippen molar-refractivity contribution in [2.75, 3.05) is 26.7 Å². The van der Waals surface area contributed by atoms with Crippen molar-refractivity contribution in [1.82, 2.24) is 10.2 Å². The summed E-state index contributed by atoms with van der Waals surface area (Å²) in [6.07, 6.45) is 3.74. The molecule has 2 rings (SSSR count). The topological polar surface area (TPSA) is 24.5 Å². The zero-order valence-corrected chi connectivity index (χ0v) is 13.1. The molecule has 1 fully saturated rings. The number of piperidine rings is 1. The van der Waals surface area contributed by atoms with Gasteiger partial charge in [-0.3, -0.25) is 0 Å². The molecule has 1 heterocycles. The van der Waals surface area contributed by atoms with Gasteiger partial charge in [0.05, 0.1) is 0 Å². The van der Waals surface area contributed by atoms with E-state index in [9.17, 15) is 0 Å². The van der Waals surface area contributed by atoms with E-state index < -0.39 is 0 Å². The molecule has 0 saturated carbocycles. The van der Waals surface area contributed by atoms with Crippen LogP contribution in [0.15, 0.2) is 24.3 Å². The van der Waals surface area contributed by atoms with E-state index in [4.69, 9.17) is 4.74 Å². The predicted octanol–water partition coefficient (Wildman–Crippen LogP) is 3.22. The molecule has 1 N–H and O–H groups in total. The first-order valence-corrected chi connectivity index (χ1v) is 7.91. The molecule has 3 heteroatoms. The number of hydrogen-bond donors (Lipinski definition) is 1. The van der Waals surface area contributed by atoms with Gasteiger partial charge in [-0.25, -0.2) is 0 Å². The Hall–Kier alpha value is -1.06. The first-order chi connectivity index (χ1) is 9.72. The Bertz CT molecular complexity index is 400. The average Bonchev–Trinajstić information content (AvgIpc) is 2.47. The van der Waals surface area contributed by atoms with Crippen LogP contribution in [0.5, 0.6) is 5.75 Å². The van der Waals surface area contributed by atoms with Gasteiger partial charge in [-0.15, -0.1) is 0 Å². The lowest BCUT2D eigenvalue weighted by Crippen LogP contribution is -2.35. The normalized spacial score (nSPS) is 18.9. The average molecular weight is 276 g/mol. The van der Waals surface area contributed by atoms with Crippen LogP contribution in [-0.2, 0) is 0 Å². The summed E-state index contributed by atoms with van der Waals surface area (Å²) in [6.45, 7) is 7.65. The Morgan fingerprint density at radius 3 is 2.70 bits per heavy atom. The molecule has 1 aromatic rings. The van der Waals surface area contributed by atoms with E-state index in [-0.39, 0.29) is 0 Å². The highest BCUT2D eigenvalue weighted by Crippen LogP contribution is 2.24. The third kappa shape index (κ3) is 4.22. The Morgan fingerprint density at radius 1 is 1.30 bits per heavy atom. The van der Waals surface area contributed by atoms with Crippen LogP contribution in [-0.4, -0.2) is 37.7 Å². The minimum absolute atomic E-state index is 0.376. The molecule has 1 unspecified atom stereocenters. The molecule has 0 aliphatic carbocycles.